The third-order valence-corrected chi connectivity index (χ3v) is 4.30. The molecule has 3 aromatic rings. The Labute approximate surface area is 180 Å². The number of ether oxygens (including phenoxy) is 1. The molecule has 0 saturated carbocycles. The van der Waals surface area contributed by atoms with E-state index in [4.69, 9.17) is 4.74 Å². The standard InChI is InChI=1S/C25H22N2O4/c1-18(28)31-23-15-9-8-14-21(23)16-22(27-24(29)20-12-6-3-7-13-20)25(30)26-17-19-10-4-2-5-11-19/h2-16H,17H2,1H3,(H,26,30)(H,27,29)/b22-16-. The second-order valence-electron chi connectivity index (χ2n) is 6.68. The molecule has 0 unspecified atom stereocenters. The highest BCUT2D eigenvalue weighted by Gasteiger charge is 2.16. The Bertz CT molecular complexity index is 1090. The van der Waals surface area contributed by atoms with E-state index in [9.17, 15) is 14.4 Å². The van der Waals surface area contributed by atoms with Crippen molar-refractivity contribution < 1.29 is 19.1 Å². The van der Waals surface area contributed by atoms with E-state index in [0.29, 0.717) is 17.7 Å². The Kier molecular flexibility index (Phi) is 7.32. The summed E-state index contributed by atoms with van der Waals surface area (Å²) in [6.45, 7) is 1.59. The van der Waals surface area contributed by atoms with Crippen molar-refractivity contribution in [2.24, 2.45) is 0 Å². The molecule has 0 radical (unpaired) electrons. The van der Waals surface area contributed by atoms with E-state index in [1.165, 1.54) is 13.0 Å². The number of hydrogen-bond acceptors (Lipinski definition) is 4. The molecule has 0 aliphatic heterocycles. The summed E-state index contributed by atoms with van der Waals surface area (Å²) in [5.41, 5.74) is 1.85. The number of nitrogens with one attached hydrogen (secondary N) is 2. The first-order valence-corrected chi connectivity index (χ1v) is 9.70. The highest BCUT2D eigenvalue weighted by Crippen LogP contribution is 2.21. The minimum absolute atomic E-state index is 0.0318. The zero-order chi connectivity index (χ0) is 22.1. The highest BCUT2D eigenvalue weighted by atomic mass is 16.5. The molecule has 0 heterocycles. The van der Waals surface area contributed by atoms with Gasteiger partial charge in [-0.1, -0.05) is 66.7 Å². The Balaban J connectivity index is 1.88. The van der Waals surface area contributed by atoms with Crippen LogP contribution < -0.4 is 15.4 Å². The number of benzene rings is 3. The lowest BCUT2D eigenvalue weighted by molar-refractivity contribution is -0.131. The molecule has 6 nitrogen and oxygen atoms in total. The van der Waals surface area contributed by atoms with Crippen molar-refractivity contribution in [2.75, 3.05) is 0 Å². The molecule has 0 aromatic heterocycles. The van der Waals surface area contributed by atoms with Crippen LogP contribution in [0.1, 0.15) is 28.4 Å². The van der Waals surface area contributed by atoms with Gasteiger partial charge in [-0.3, -0.25) is 14.4 Å². The maximum absolute atomic E-state index is 12.9. The van der Waals surface area contributed by atoms with E-state index >= 15 is 0 Å². The molecule has 0 saturated heterocycles. The van der Waals surface area contributed by atoms with Crippen LogP contribution in [0, 0.1) is 0 Å². The molecule has 0 aliphatic rings. The van der Waals surface area contributed by atoms with Crippen LogP contribution in [0.2, 0.25) is 0 Å². The third kappa shape index (κ3) is 6.40. The van der Waals surface area contributed by atoms with Crippen LogP contribution in [0.4, 0.5) is 0 Å². The Morgan fingerprint density at radius 3 is 2.13 bits per heavy atom. The molecule has 0 atom stereocenters. The summed E-state index contributed by atoms with van der Waals surface area (Å²) in [6, 6.07) is 24.8. The van der Waals surface area contributed by atoms with Gasteiger partial charge < -0.3 is 15.4 Å². The Morgan fingerprint density at radius 2 is 1.45 bits per heavy atom. The van der Waals surface area contributed by atoms with E-state index in [0.717, 1.165) is 5.56 Å². The van der Waals surface area contributed by atoms with Gasteiger partial charge >= 0.3 is 5.97 Å². The van der Waals surface area contributed by atoms with Gasteiger partial charge in [0.1, 0.15) is 11.4 Å². The Hall–Kier alpha value is -4.19. The lowest BCUT2D eigenvalue weighted by Crippen LogP contribution is -2.34. The van der Waals surface area contributed by atoms with Crippen molar-refractivity contribution in [1.82, 2.24) is 10.6 Å². The van der Waals surface area contributed by atoms with E-state index in [2.05, 4.69) is 10.6 Å². The zero-order valence-electron chi connectivity index (χ0n) is 17.0. The Morgan fingerprint density at radius 1 is 0.839 bits per heavy atom. The molecule has 0 bridgehead atoms. The van der Waals surface area contributed by atoms with Gasteiger partial charge in [-0.15, -0.1) is 0 Å². The van der Waals surface area contributed by atoms with E-state index in [-0.39, 0.29) is 11.4 Å². The van der Waals surface area contributed by atoms with Gasteiger partial charge in [-0.2, -0.15) is 0 Å². The van der Waals surface area contributed by atoms with Crippen molar-refractivity contribution in [3.05, 3.63) is 107 Å². The van der Waals surface area contributed by atoms with Crippen LogP contribution in [0.15, 0.2) is 90.6 Å². The van der Waals surface area contributed by atoms with Crippen molar-refractivity contribution in [1.29, 1.82) is 0 Å². The smallest absolute Gasteiger partial charge is 0.308 e. The molecular formula is C25H22N2O4. The normalized spacial score (nSPS) is 10.8. The average Bonchev–Trinajstić information content (AvgIpc) is 2.79. The lowest BCUT2D eigenvalue weighted by Gasteiger charge is -2.12. The van der Waals surface area contributed by atoms with E-state index < -0.39 is 17.8 Å². The summed E-state index contributed by atoms with van der Waals surface area (Å²) in [5.74, 6) is -1.08. The van der Waals surface area contributed by atoms with Crippen molar-refractivity contribution in [2.45, 2.75) is 13.5 Å². The van der Waals surface area contributed by atoms with Gasteiger partial charge in [0.15, 0.2) is 0 Å². The van der Waals surface area contributed by atoms with Crippen LogP contribution in [0.3, 0.4) is 0 Å². The third-order valence-electron chi connectivity index (χ3n) is 4.30. The molecule has 2 amide bonds. The van der Waals surface area contributed by atoms with Crippen LogP contribution in [-0.4, -0.2) is 17.8 Å². The molecule has 2 N–H and O–H groups in total. The lowest BCUT2D eigenvalue weighted by atomic mass is 10.1. The van der Waals surface area contributed by atoms with Gasteiger partial charge in [-0.25, -0.2) is 0 Å². The van der Waals surface area contributed by atoms with Crippen molar-refractivity contribution in [3.63, 3.8) is 0 Å². The first-order chi connectivity index (χ1) is 15.0. The number of hydrogen-bond donors (Lipinski definition) is 2. The summed E-state index contributed by atoms with van der Waals surface area (Å²) in [5, 5.41) is 5.47. The number of carbonyl (C=O) groups excluding carboxylic acids is 3. The second kappa shape index (κ2) is 10.5. The summed E-state index contributed by atoms with van der Waals surface area (Å²) in [6.07, 6.45) is 1.49. The zero-order valence-corrected chi connectivity index (χ0v) is 17.0. The topological polar surface area (TPSA) is 84.5 Å². The summed E-state index contributed by atoms with van der Waals surface area (Å²) < 4.78 is 5.22. The first kappa shape index (κ1) is 21.5. The number of rotatable bonds is 7. The molecule has 31 heavy (non-hydrogen) atoms. The fourth-order valence-electron chi connectivity index (χ4n) is 2.82. The molecular weight excluding hydrogens is 392 g/mol. The van der Waals surface area contributed by atoms with Crippen molar-refractivity contribution >= 4 is 23.9 Å². The van der Waals surface area contributed by atoms with Gasteiger partial charge in [0.05, 0.1) is 0 Å². The molecule has 0 aliphatic carbocycles. The predicted octanol–water partition coefficient (Wildman–Crippen LogP) is 3.70. The average molecular weight is 414 g/mol. The second-order valence-corrected chi connectivity index (χ2v) is 6.68. The molecule has 6 heteroatoms. The minimum atomic E-state index is -0.482. The summed E-state index contributed by atoms with van der Waals surface area (Å²) in [4.78, 5) is 37.0. The van der Waals surface area contributed by atoms with Crippen molar-refractivity contribution in [3.8, 4) is 5.75 Å². The molecule has 3 rings (SSSR count). The maximum atomic E-state index is 12.9. The number of amides is 2. The molecule has 0 spiro atoms. The van der Waals surface area contributed by atoms with E-state index in [1.54, 1.807) is 54.6 Å². The highest BCUT2D eigenvalue weighted by molar-refractivity contribution is 6.05. The van der Waals surface area contributed by atoms with Gasteiger partial charge in [-0.05, 0) is 29.8 Å². The quantitative estimate of drug-likeness (QED) is 0.351. The molecule has 3 aromatic carbocycles. The molecule has 156 valence electrons. The SMILES string of the molecule is CC(=O)Oc1ccccc1/C=C(\NC(=O)c1ccccc1)C(=O)NCc1ccccc1. The van der Waals surface area contributed by atoms with E-state index in [1.807, 2.05) is 30.3 Å². The summed E-state index contributed by atoms with van der Waals surface area (Å²) >= 11 is 0. The number of para-hydroxylation sites is 1. The van der Waals surface area contributed by atoms with Crippen LogP contribution in [-0.2, 0) is 16.1 Å². The first-order valence-electron chi connectivity index (χ1n) is 9.70. The van der Waals surface area contributed by atoms with Gasteiger partial charge in [0.2, 0.25) is 0 Å². The number of esters is 1. The minimum Gasteiger partial charge on any atom is -0.426 e. The van der Waals surface area contributed by atoms with Crippen LogP contribution in [0.25, 0.3) is 6.08 Å². The van der Waals surface area contributed by atoms with Gasteiger partial charge in [0, 0.05) is 24.6 Å². The predicted molar refractivity (Wildman–Crippen MR) is 118 cm³/mol. The summed E-state index contributed by atoms with van der Waals surface area (Å²) in [7, 11) is 0. The fourth-order valence-corrected chi connectivity index (χ4v) is 2.82. The number of carbonyl (C=O) groups is 3. The monoisotopic (exact) mass is 414 g/mol. The largest absolute Gasteiger partial charge is 0.426 e. The van der Waals surface area contributed by atoms with Gasteiger partial charge in [0.25, 0.3) is 11.8 Å². The van der Waals surface area contributed by atoms with Crippen LogP contribution >= 0.6 is 0 Å². The fraction of sp³-hybridized carbons (Fsp3) is 0.0800. The van der Waals surface area contributed by atoms with Crippen LogP contribution in [0.5, 0.6) is 5.75 Å². The molecule has 0 fully saturated rings. The maximum Gasteiger partial charge on any atom is 0.308 e.